The Morgan fingerprint density at radius 3 is 2.44 bits per heavy atom. The number of rotatable bonds is 9. The number of carbonyl (C=O) groups is 3. The van der Waals surface area contributed by atoms with Gasteiger partial charge in [0.1, 0.15) is 0 Å². The molecule has 146 valence electrons. The number of esters is 1. The van der Waals surface area contributed by atoms with Crippen LogP contribution in [0.2, 0.25) is 0 Å². The molecule has 2 unspecified atom stereocenters. The molecular weight excluding hydrogens is 340 g/mol. The Morgan fingerprint density at radius 1 is 0.963 bits per heavy atom. The van der Waals surface area contributed by atoms with Crippen LogP contribution in [0.5, 0.6) is 0 Å². The Hall–Kier alpha value is -1.97. The standard InChI is InChI=1S/C23H30O4/c24-19(15-7-13-17-9-3-1-4-10-17)21-22(25)20(27-23(21)26)16-8-14-18-11-5-2-6-12-18/h2,5-6,11-12,17,20-21H,1,3-4,7-10,13-16H2. The van der Waals surface area contributed by atoms with Crippen LogP contribution in [0.3, 0.4) is 0 Å². The van der Waals surface area contributed by atoms with Crippen LogP contribution >= 0.6 is 0 Å². The van der Waals surface area contributed by atoms with Gasteiger partial charge in [0.25, 0.3) is 0 Å². The number of benzene rings is 1. The Balaban J connectivity index is 1.41. The molecule has 0 N–H and O–H groups in total. The highest BCUT2D eigenvalue weighted by Crippen LogP contribution is 2.29. The highest BCUT2D eigenvalue weighted by Gasteiger charge is 2.46. The molecule has 0 amide bonds. The molecule has 27 heavy (non-hydrogen) atoms. The second-order valence-electron chi connectivity index (χ2n) is 8.00. The maximum atomic E-state index is 12.5. The lowest BCUT2D eigenvalue weighted by Crippen LogP contribution is -2.28. The van der Waals surface area contributed by atoms with Gasteiger partial charge in [-0.2, -0.15) is 0 Å². The number of hydrogen-bond donors (Lipinski definition) is 0. The van der Waals surface area contributed by atoms with Gasteiger partial charge in [-0.15, -0.1) is 0 Å². The zero-order valence-corrected chi connectivity index (χ0v) is 16.0. The Labute approximate surface area is 161 Å². The zero-order valence-electron chi connectivity index (χ0n) is 16.0. The van der Waals surface area contributed by atoms with Crippen molar-refractivity contribution in [3.05, 3.63) is 35.9 Å². The monoisotopic (exact) mass is 370 g/mol. The fraction of sp³-hybridized carbons (Fsp3) is 0.609. The quantitative estimate of drug-likeness (QED) is 0.476. The fourth-order valence-corrected chi connectivity index (χ4v) is 4.38. The van der Waals surface area contributed by atoms with Gasteiger partial charge >= 0.3 is 5.97 Å². The molecule has 1 aromatic carbocycles. The summed E-state index contributed by atoms with van der Waals surface area (Å²) in [6.45, 7) is 0. The molecule has 0 radical (unpaired) electrons. The first-order valence-corrected chi connectivity index (χ1v) is 10.5. The first-order chi connectivity index (χ1) is 13.1. The van der Waals surface area contributed by atoms with Crippen molar-refractivity contribution in [2.24, 2.45) is 11.8 Å². The smallest absolute Gasteiger partial charge is 0.325 e. The van der Waals surface area contributed by atoms with Crippen molar-refractivity contribution < 1.29 is 19.1 Å². The molecular formula is C23H30O4. The van der Waals surface area contributed by atoms with Crippen molar-refractivity contribution >= 4 is 17.5 Å². The van der Waals surface area contributed by atoms with Crippen LogP contribution in [0.25, 0.3) is 0 Å². The summed E-state index contributed by atoms with van der Waals surface area (Å²) in [7, 11) is 0. The minimum Gasteiger partial charge on any atom is -0.453 e. The molecule has 0 spiro atoms. The van der Waals surface area contributed by atoms with Crippen molar-refractivity contribution in [3.8, 4) is 0 Å². The van der Waals surface area contributed by atoms with Crippen molar-refractivity contribution in [2.75, 3.05) is 0 Å². The zero-order chi connectivity index (χ0) is 19.1. The van der Waals surface area contributed by atoms with Crippen molar-refractivity contribution in [2.45, 2.75) is 76.7 Å². The molecule has 2 fully saturated rings. The molecule has 1 aliphatic carbocycles. The minimum absolute atomic E-state index is 0.244. The summed E-state index contributed by atoms with van der Waals surface area (Å²) in [5.74, 6) is -1.66. The molecule has 1 aromatic rings. The third-order valence-corrected chi connectivity index (χ3v) is 5.95. The van der Waals surface area contributed by atoms with Gasteiger partial charge < -0.3 is 4.74 Å². The molecule has 4 nitrogen and oxygen atoms in total. The second-order valence-corrected chi connectivity index (χ2v) is 8.00. The first kappa shape index (κ1) is 19.8. The van der Waals surface area contributed by atoms with Crippen molar-refractivity contribution in [1.82, 2.24) is 0 Å². The molecule has 1 saturated carbocycles. The van der Waals surface area contributed by atoms with Crippen molar-refractivity contribution in [1.29, 1.82) is 0 Å². The van der Waals surface area contributed by atoms with E-state index >= 15 is 0 Å². The van der Waals surface area contributed by atoms with Gasteiger partial charge in [-0.25, -0.2) is 0 Å². The van der Waals surface area contributed by atoms with Crippen molar-refractivity contribution in [3.63, 3.8) is 0 Å². The van der Waals surface area contributed by atoms with Crippen LogP contribution in [0.15, 0.2) is 30.3 Å². The molecule has 3 rings (SSSR count). The molecule has 2 aliphatic rings. The largest absolute Gasteiger partial charge is 0.453 e. The predicted molar refractivity (Wildman–Crippen MR) is 103 cm³/mol. The Morgan fingerprint density at radius 2 is 1.70 bits per heavy atom. The molecule has 1 saturated heterocycles. The summed E-state index contributed by atoms with van der Waals surface area (Å²) in [6.07, 6.45) is 9.87. The van der Waals surface area contributed by atoms with E-state index in [1.165, 1.54) is 37.7 Å². The number of ether oxygens (including phenoxy) is 1. The van der Waals surface area contributed by atoms with Crippen LogP contribution in [-0.2, 0) is 25.5 Å². The molecule has 2 atom stereocenters. The lowest BCUT2D eigenvalue weighted by Gasteiger charge is -2.21. The van der Waals surface area contributed by atoms with Crippen LogP contribution in [0.4, 0.5) is 0 Å². The van der Waals surface area contributed by atoms with E-state index in [1.54, 1.807) is 0 Å². The van der Waals surface area contributed by atoms with Gasteiger partial charge in [-0.3, -0.25) is 14.4 Å². The highest BCUT2D eigenvalue weighted by molar-refractivity contribution is 6.21. The Bertz CT molecular complexity index is 646. The molecule has 0 bridgehead atoms. The number of aryl methyl sites for hydroxylation is 1. The summed E-state index contributed by atoms with van der Waals surface area (Å²) in [6, 6.07) is 10.0. The molecule has 0 aromatic heterocycles. The lowest BCUT2D eigenvalue weighted by molar-refractivity contribution is -0.147. The number of hydrogen-bond acceptors (Lipinski definition) is 4. The molecule has 1 aliphatic heterocycles. The second kappa shape index (κ2) is 9.82. The van der Waals surface area contributed by atoms with E-state index in [9.17, 15) is 14.4 Å². The number of Topliss-reactive ketones (excluding diaryl/α,β-unsaturated/α-hetero) is 2. The van der Waals surface area contributed by atoms with E-state index < -0.39 is 18.0 Å². The predicted octanol–water partition coefficient (Wildman–Crippen LogP) is 4.44. The number of carbonyl (C=O) groups excluding carboxylic acids is 3. The van der Waals surface area contributed by atoms with E-state index in [0.29, 0.717) is 18.8 Å². The maximum Gasteiger partial charge on any atom is 0.325 e. The average Bonchev–Trinajstić information content (AvgIpc) is 2.97. The van der Waals surface area contributed by atoms with E-state index in [2.05, 4.69) is 0 Å². The summed E-state index contributed by atoms with van der Waals surface area (Å²) in [5, 5.41) is 0. The van der Waals surface area contributed by atoms with Crippen LogP contribution < -0.4 is 0 Å². The average molecular weight is 370 g/mol. The van der Waals surface area contributed by atoms with Gasteiger partial charge in [0, 0.05) is 6.42 Å². The van der Waals surface area contributed by atoms with Gasteiger partial charge in [-0.05, 0) is 37.2 Å². The van der Waals surface area contributed by atoms with Crippen LogP contribution in [0, 0.1) is 11.8 Å². The van der Waals surface area contributed by atoms with Gasteiger partial charge in [-0.1, -0.05) is 68.9 Å². The summed E-state index contributed by atoms with van der Waals surface area (Å²) in [5.41, 5.74) is 1.20. The van der Waals surface area contributed by atoms with Gasteiger partial charge in [0.15, 0.2) is 23.6 Å². The lowest BCUT2D eigenvalue weighted by atomic mass is 9.85. The number of ketones is 2. The molecule has 4 heteroatoms. The van der Waals surface area contributed by atoms with Gasteiger partial charge in [0.2, 0.25) is 0 Å². The first-order valence-electron chi connectivity index (χ1n) is 10.5. The number of cyclic esters (lactones) is 1. The summed E-state index contributed by atoms with van der Waals surface area (Å²) < 4.78 is 5.23. The molecule has 1 heterocycles. The summed E-state index contributed by atoms with van der Waals surface area (Å²) >= 11 is 0. The summed E-state index contributed by atoms with van der Waals surface area (Å²) in [4.78, 5) is 37.0. The third-order valence-electron chi connectivity index (χ3n) is 5.95. The highest BCUT2D eigenvalue weighted by atomic mass is 16.6. The van der Waals surface area contributed by atoms with Crippen LogP contribution in [-0.4, -0.2) is 23.6 Å². The van der Waals surface area contributed by atoms with E-state index in [0.717, 1.165) is 25.7 Å². The van der Waals surface area contributed by atoms with Crippen LogP contribution in [0.1, 0.15) is 69.8 Å². The minimum atomic E-state index is -1.17. The fourth-order valence-electron chi connectivity index (χ4n) is 4.38. The SMILES string of the molecule is O=C(CCCC1CCCCC1)C1C(=O)OC(CCCc2ccccc2)C1=O. The maximum absolute atomic E-state index is 12.5. The van der Waals surface area contributed by atoms with E-state index in [4.69, 9.17) is 4.74 Å². The third kappa shape index (κ3) is 5.50. The normalized spacial score (nSPS) is 23.4. The van der Waals surface area contributed by atoms with Gasteiger partial charge in [0.05, 0.1) is 0 Å². The Kier molecular flexibility index (Phi) is 7.19. The topological polar surface area (TPSA) is 60.4 Å². The van der Waals surface area contributed by atoms with E-state index in [1.807, 2.05) is 30.3 Å². The van der Waals surface area contributed by atoms with E-state index in [-0.39, 0.29) is 11.6 Å².